The lowest BCUT2D eigenvalue weighted by Gasteiger charge is -2.05. The summed E-state index contributed by atoms with van der Waals surface area (Å²) in [5.74, 6) is -0.0613. The topological polar surface area (TPSA) is 61.4 Å². The lowest BCUT2D eigenvalue weighted by Crippen LogP contribution is -2.15. The van der Waals surface area contributed by atoms with E-state index < -0.39 is 0 Å². The van der Waals surface area contributed by atoms with Crippen LogP contribution in [0.4, 0.5) is 5.69 Å². The summed E-state index contributed by atoms with van der Waals surface area (Å²) in [6.45, 7) is 3.29. The molecule has 0 bridgehead atoms. The molecule has 0 radical (unpaired) electrons. The molecule has 0 aliphatic rings. The Morgan fingerprint density at radius 3 is 2.56 bits per heavy atom. The van der Waals surface area contributed by atoms with Crippen LogP contribution in [0.15, 0.2) is 24.3 Å². The molecular weight excluding hydrogens is 204 g/mol. The van der Waals surface area contributed by atoms with Crippen molar-refractivity contribution in [1.29, 1.82) is 0 Å². The van der Waals surface area contributed by atoms with Crippen molar-refractivity contribution in [2.75, 3.05) is 18.5 Å². The Balaban J connectivity index is 2.36. The van der Waals surface area contributed by atoms with Gasteiger partial charge in [0.05, 0.1) is 0 Å². The lowest BCUT2D eigenvalue weighted by molar-refractivity contribution is -0.114. The van der Waals surface area contributed by atoms with Crippen LogP contribution < -0.4 is 10.6 Å². The molecular formula is C12H18N2O2. The van der Waals surface area contributed by atoms with Gasteiger partial charge in [0.25, 0.3) is 0 Å². The summed E-state index contributed by atoms with van der Waals surface area (Å²) < 4.78 is 0. The fourth-order valence-electron chi connectivity index (χ4n) is 1.35. The number of benzene rings is 1. The first-order valence-electron chi connectivity index (χ1n) is 5.40. The molecule has 0 heterocycles. The molecule has 1 aromatic carbocycles. The number of hydrogen-bond acceptors (Lipinski definition) is 3. The number of aliphatic hydroxyl groups is 1. The third-order valence-electron chi connectivity index (χ3n) is 2.12. The smallest absolute Gasteiger partial charge is 0.221 e. The minimum atomic E-state index is -0.0613. The van der Waals surface area contributed by atoms with E-state index in [1.807, 2.05) is 24.3 Å². The number of aliphatic hydroxyl groups excluding tert-OH is 1. The summed E-state index contributed by atoms with van der Waals surface area (Å²) in [4.78, 5) is 10.8. The maximum Gasteiger partial charge on any atom is 0.221 e. The zero-order valence-corrected chi connectivity index (χ0v) is 9.49. The highest BCUT2D eigenvalue weighted by Crippen LogP contribution is 2.09. The molecule has 1 rings (SSSR count). The molecule has 4 nitrogen and oxygen atoms in total. The highest BCUT2D eigenvalue weighted by molar-refractivity contribution is 5.88. The number of amides is 1. The first kappa shape index (κ1) is 12.7. The van der Waals surface area contributed by atoms with E-state index in [2.05, 4.69) is 10.6 Å². The first-order chi connectivity index (χ1) is 7.72. The van der Waals surface area contributed by atoms with Crippen molar-refractivity contribution < 1.29 is 9.90 Å². The average Bonchev–Trinajstić information content (AvgIpc) is 2.26. The van der Waals surface area contributed by atoms with Gasteiger partial charge in [-0.3, -0.25) is 4.79 Å². The molecule has 0 atom stereocenters. The number of carbonyl (C=O) groups is 1. The average molecular weight is 222 g/mol. The summed E-state index contributed by atoms with van der Waals surface area (Å²) in [6.07, 6.45) is 0.768. The number of rotatable bonds is 6. The van der Waals surface area contributed by atoms with Gasteiger partial charge >= 0.3 is 0 Å². The Morgan fingerprint density at radius 1 is 1.31 bits per heavy atom. The van der Waals surface area contributed by atoms with E-state index in [-0.39, 0.29) is 12.5 Å². The van der Waals surface area contributed by atoms with Gasteiger partial charge in [-0.15, -0.1) is 0 Å². The first-order valence-corrected chi connectivity index (χ1v) is 5.40. The van der Waals surface area contributed by atoms with Crippen LogP contribution >= 0.6 is 0 Å². The predicted octanol–water partition coefficient (Wildman–Crippen LogP) is 1.12. The Labute approximate surface area is 95.7 Å². The van der Waals surface area contributed by atoms with Gasteiger partial charge in [0, 0.05) is 25.8 Å². The van der Waals surface area contributed by atoms with Gasteiger partial charge in [-0.05, 0) is 30.7 Å². The summed E-state index contributed by atoms with van der Waals surface area (Å²) in [7, 11) is 0. The summed E-state index contributed by atoms with van der Waals surface area (Å²) in [6, 6.07) is 7.70. The third-order valence-corrected chi connectivity index (χ3v) is 2.12. The van der Waals surface area contributed by atoms with E-state index in [1.54, 1.807) is 0 Å². The SMILES string of the molecule is CC(=O)Nc1ccc(CNCCCO)cc1. The summed E-state index contributed by atoms with van der Waals surface area (Å²) in [5.41, 5.74) is 1.97. The molecule has 4 heteroatoms. The van der Waals surface area contributed by atoms with E-state index in [0.717, 1.165) is 30.8 Å². The van der Waals surface area contributed by atoms with Crippen LogP contribution in [0.1, 0.15) is 18.9 Å². The maximum absolute atomic E-state index is 10.8. The molecule has 88 valence electrons. The van der Waals surface area contributed by atoms with Gasteiger partial charge in [0.2, 0.25) is 5.91 Å². The maximum atomic E-state index is 10.8. The van der Waals surface area contributed by atoms with Crippen molar-refractivity contribution in [1.82, 2.24) is 5.32 Å². The summed E-state index contributed by atoms with van der Waals surface area (Å²) >= 11 is 0. The van der Waals surface area contributed by atoms with Crippen LogP contribution in [0.3, 0.4) is 0 Å². The fourth-order valence-corrected chi connectivity index (χ4v) is 1.35. The van der Waals surface area contributed by atoms with Crippen LogP contribution in [0.25, 0.3) is 0 Å². The van der Waals surface area contributed by atoms with Gasteiger partial charge in [0.1, 0.15) is 0 Å². The molecule has 16 heavy (non-hydrogen) atoms. The largest absolute Gasteiger partial charge is 0.396 e. The minimum Gasteiger partial charge on any atom is -0.396 e. The van der Waals surface area contributed by atoms with Gasteiger partial charge < -0.3 is 15.7 Å². The van der Waals surface area contributed by atoms with Crippen LogP contribution in [0, 0.1) is 0 Å². The molecule has 0 saturated heterocycles. The zero-order chi connectivity index (χ0) is 11.8. The number of anilines is 1. The Hall–Kier alpha value is -1.39. The molecule has 0 aliphatic heterocycles. The zero-order valence-electron chi connectivity index (χ0n) is 9.49. The Morgan fingerprint density at radius 2 is 2.00 bits per heavy atom. The standard InChI is InChI=1S/C12H18N2O2/c1-10(16)14-12-5-3-11(4-6-12)9-13-7-2-8-15/h3-6,13,15H,2,7-9H2,1H3,(H,14,16). The monoisotopic (exact) mass is 222 g/mol. The lowest BCUT2D eigenvalue weighted by atomic mass is 10.2. The molecule has 0 spiro atoms. The van der Waals surface area contributed by atoms with Gasteiger partial charge in [-0.2, -0.15) is 0 Å². The van der Waals surface area contributed by atoms with Crippen molar-refractivity contribution >= 4 is 11.6 Å². The second-order valence-corrected chi connectivity index (χ2v) is 3.63. The summed E-state index contributed by atoms with van der Waals surface area (Å²) in [5, 5.41) is 14.5. The molecule has 0 unspecified atom stereocenters. The quantitative estimate of drug-likeness (QED) is 0.632. The van der Waals surface area contributed by atoms with E-state index >= 15 is 0 Å². The number of hydrogen-bond donors (Lipinski definition) is 3. The van der Waals surface area contributed by atoms with Crippen LogP contribution in [0.5, 0.6) is 0 Å². The normalized spacial score (nSPS) is 10.1. The van der Waals surface area contributed by atoms with E-state index in [0.29, 0.717) is 0 Å². The van der Waals surface area contributed by atoms with E-state index in [4.69, 9.17) is 5.11 Å². The molecule has 0 aliphatic carbocycles. The molecule has 1 aromatic rings. The molecule has 0 saturated carbocycles. The second-order valence-electron chi connectivity index (χ2n) is 3.63. The predicted molar refractivity (Wildman–Crippen MR) is 64.2 cm³/mol. The highest BCUT2D eigenvalue weighted by atomic mass is 16.3. The minimum absolute atomic E-state index is 0.0613. The van der Waals surface area contributed by atoms with Crippen molar-refractivity contribution in [2.24, 2.45) is 0 Å². The molecule has 1 amide bonds. The number of carbonyl (C=O) groups excluding carboxylic acids is 1. The molecule has 3 N–H and O–H groups in total. The van der Waals surface area contributed by atoms with Crippen molar-refractivity contribution in [2.45, 2.75) is 19.9 Å². The Bertz CT molecular complexity index is 322. The van der Waals surface area contributed by atoms with Crippen LogP contribution in [-0.2, 0) is 11.3 Å². The second kappa shape index (κ2) is 6.98. The van der Waals surface area contributed by atoms with Gasteiger partial charge in [-0.1, -0.05) is 12.1 Å². The van der Waals surface area contributed by atoms with Crippen LogP contribution in [-0.4, -0.2) is 24.2 Å². The van der Waals surface area contributed by atoms with E-state index in [1.165, 1.54) is 6.92 Å². The van der Waals surface area contributed by atoms with Crippen molar-refractivity contribution in [3.05, 3.63) is 29.8 Å². The van der Waals surface area contributed by atoms with Crippen molar-refractivity contribution in [3.63, 3.8) is 0 Å². The van der Waals surface area contributed by atoms with Gasteiger partial charge in [-0.25, -0.2) is 0 Å². The van der Waals surface area contributed by atoms with Crippen molar-refractivity contribution in [3.8, 4) is 0 Å². The highest BCUT2D eigenvalue weighted by Gasteiger charge is 1.96. The molecule has 0 fully saturated rings. The Kier molecular flexibility index (Phi) is 5.53. The third kappa shape index (κ3) is 4.91. The fraction of sp³-hybridized carbons (Fsp3) is 0.417. The van der Waals surface area contributed by atoms with Crippen LogP contribution in [0.2, 0.25) is 0 Å². The van der Waals surface area contributed by atoms with Gasteiger partial charge in [0.15, 0.2) is 0 Å². The van der Waals surface area contributed by atoms with E-state index in [9.17, 15) is 4.79 Å². The number of nitrogens with one attached hydrogen (secondary N) is 2. The molecule has 0 aromatic heterocycles.